The van der Waals surface area contributed by atoms with E-state index in [4.69, 9.17) is 16.3 Å². The second-order valence-corrected chi connectivity index (χ2v) is 5.04. The molecule has 94 valence electrons. The number of nitrogens with one attached hydrogen (secondary N) is 1. The number of rotatable bonds is 1. The number of anilines is 1. The van der Waals surface area contributed by atoms with Crippen molar-refractivity contribution in [3.05, 3.63) is 28.5 Å². The maximum atomic E-state index is 13.1. The van der Waals surface area contributed by atoms with Gasteiger partial charge in [0.05, 0.1) is 10.7 Å². The van der Waals surface area contributed by atoms with Crippen molar-refractivity contribution in [2.45, 2.75) is 33.3 Å². The molecule has 0 saturated carbocycles. The molecule has 1 aromatic carbocycles. The van der Waals surface area contributed by atoms with Crippen molar-refractivity contribution in [2.24, 2.45) is 0 Å². The fourth-order valence-electron chi connectivity index (χ4n) is 1.17. The minimum atomic E-state index is -0.620. The molecule has 3 nitrogen and oxygen atoms in total. The maximum Gasteiger partial charge on any atom is 0.412 e. The molecular formula is C12H15ClFNO2. The molecule has 0 aliphatic heterocycles. The van der Waals surface area contributed by atoms with Gasteiger partial charge in [-0.15, -0.1) is 0 Å². The zero-order valence-electron chi connectivity index (χ0n) is 10.2. The quantitative estimate of drug-likeness (QED) is 0.823. The molecule has 1 amide bonds. The predicted octanol–water partition coefficient (Wildman–Crippen LogP) is 4.13. The lowest BCUT2D eigenvalue weighted by molar-refractivity contribution is 0.0636. The fourth-order valence-corrected chi connectivity index (χ4v) is 1.37. The molecule has 0 bridgehead atoms. The second-order valence-electron chi connectivity index (χ2n) is 4.66. The normalized spacial score (nSPS) is 11.2. The molecular weight excluding hydrogens is 245 g/mol. The van der Waals surface area contributed by atoms with Gasteiger partial charge in [-0.05, 0) is 39.8 Å². The first-order valence-corrected chi connectivity index (χ1v) is 5.53. The lowest BCUT2D eigenvalue weighted by atomic mass is 10.2. The Morgan fingerprint density at radius 3 is 2.53 bits per heavy atom. The molecule has 0 aliphatic rings. The summed E-state index contributed by atoms with van der Waals surface area (Å²) >= 11 is 5.90. The lowest BCUT2D eigenvalue weighted by Gasteiger charge is -2.20. The summed E-state index contributed by atoms with van der Waals surface area (Å²) in [5, 5.41) is 2.65. The van der Waals surface area contributed by atoms with Crippen LogP contribution in [0.2, 0.25) is 5.02 Å². The summed E-state index contributed by atoms with van der Waals surface area (Å²) in [5.74, 6) is -0.412. The first kappa shape index (κ1) is 13.8. The van der Waals surface area contributed by atoms with E-state index >= 15 is 0 Å². The highest BCUT2D eigenvalue weighted by Crippen LogP contribution is 2.27. The molecule has 0 heterocycles. The van der Waals surface area contributed by atoms with Gasteiger partial charge >= 0.3 is 6.09 Å². The number of ether oxygens (including phenoxy) is 1. The molecule has 0 fully saturated rings. The Balaban J connectivity index is 2.83. The van der Waals surface area contributed by atoms with Crippen LogP contribution >= 0.6 is 11.6 Å². The highest BCUT2D eigenvalue weighted by Gasteiger charge is 2.17. The van der Waals surface area contributed by atoms with Crippen LogP contribution in [0.5, 0.6) is 0 Å². The van der Waals surface area contributed by atoms with E-state index in [-0.39, 0.29) is 5.02 Å². The third-order valence-electron chi connectivity index (χ3n) is 1.96. The van der Waals surface area contributed by atoms with Crippen molar-refractivity contribution in [3.8, 4) is 0 Å². The van der Waals surface area contributed by atoms with Crippen LogP contribution in [0.25, 0.3) is 0 Å². The van der Waals surface area contributed by atoms with Gasteiger partial charge in [-0.2, -0.15) is 0 Å². The number of benzene rings is 1. The lowest BCUT2D eigenvalue weighted by Crippen LogP contribution is -2.27. The summed E-state index contributed by atoms with van der Waals surface area (Å²) in [7, 11) is 0. The van der Waals surface area contributed by atoms with Crippen molar-refractivity contribution >= 4 is 23.4 Å². The van der Waals surface area contributed by atoms with Crippen LogP contribution in [0.1, 0.15) is 26.3 Å². The highest BCUT2D eigenvalue weighted by molar-refractivity contribution is 6.34. The molecule has 17 heavy (non-hydrogen) atoms. The maximum absolute atomic E-state index is 13.1. The topological polar surface area (TPSA) is 38.3 Å². The smallest absolute Gasteiger partial charge is 0.412 e. The number of hydrogen-bond donors (Lipinski definition) is 1. The summed E-state index contributed by atoms with van der Waals surface area (Å²) in [6, 6.07) is 2.64. The van der Waals surface area contributed by atoms with Crippen molar-refractivity contribution < 1.29 is 13.9 Å². The number of carbonyl (C=O) groups excluding carboxylic acids is 1. The summed E-state index contributed by atoms with van der Waals surface area (Å²) in [4.78, 5) is 11.5. The van der Waals surface area contributed by atoms with Gasteiger partial charge in [0.15, 0.2) is 0 Å². The third kappa shape index (κ3) is 3.89. The van der Waals surface area contributed by atoms with Gasteiger partial charge in [0, 0.05) is 5.56 Å². The fraction of sp³-hybridized carbons (Fsp3) is 0.417. The zero-order valence-corrected chi connectivity index (χ0v) is 11.0. The molecule has 0 saturated heterocycles. The Bertz CT molecular complexity index is 441. The number of amides is 1. The SMILES string of the molecule is Cc1c(F)ccc(NC(=O)OC(C)(C)C)c1Cl. The van der Waals surface area contributed by atoms with E-state index in [9.17, 15) is 9.18 Å². The Hall–Kier alpha value is -1.29. The average molecular weight is 260 g/mol. The zero-order chi connectivity index (χ0) is 13.2. The van der Waals surface area contributed by atoms with Crippen molar-refractivity contribution in [1.82, 2.24) is 0 Å². The van der Waals surface area contributed by atoms with Crippen LogP contribution in [0.15, 0.2) is 12.1 Å². The predicted molar refractivity (Wildman–Crippen MR) is 66.0 cm³/mol. The minimum absolute atomic E-state index is 0.177. The monoisotopic (exact) mass is 259 g/mol. The minimum Gasteiger partial charge on any atom is -0.444 e. The third-order valence-corrected chi connectivity index (χ3v) is 2.44. The molecule has 5 heteroatoms. The summed E-state index contributed by atoms with van der Waals surface area (Å²) in [6.45, 7) is 6.80. The largest absolute Gasteiger partial charge is 0.444 e. The Morgan fingerprint density at radius 1 is 1.41 bits per heavy atom. The van der Waals surface area contributed by atoms with E-state index in [0.717, 1.165) is 0 Å². The van der Waals surface area contributed by atoms with Gasteiger partial charge in [0.2, 0.25) is 0 Å². The van der Waals surface area contributed by atoms with E-state index in [1.165, 1.54) is 19.1 Å². The molecule has 1 rings (SSSR count). The van der Waals surface area contributed by atoms with Gasteiger partial charge in [0.25, 0.3) is 0 Å². The standard InChI is InChI=1S/C12H15ClFNO2/c1-7-8(14)5-6-9(10(7)13)15-11(16)17-12(2,3)4/h5-6H,1-4H3,(H,15,16). The van der Waals surface area contributed by atoms with E-state index in [0.29, 0.717) is 11.3 Å². The van der Waals surface area contributed by atoms with E-state index in [2.05, 4.69) is 5.32 Å². The van der Waals surface area contributed by atoms with Crippen LogP contribution in [-0.2, 0) is 4.74 Å². The second kappa shape index (κ2) is 4.92. The van der Waals surface area contributed by atoms with Crippen LogP contribution < -0.4 is 5.32 Å². The molecule has 0 atom stereocenters. The van der Waals surface area contributed by atoms with E-state index in [1.54, 1.807) is 20.8 Å². The Labute approximate surface area is 105 Å². The number of carbonyl (C=O) groups is 1. The van der Waals surface area contributed by atoms with Gasteiger partial charge in [-0.3, -0.25) is 5.32 Å². The van der Waals surface area contributed by atoms with Crippen molar-refractivity contribution in [2.75, 3.05) is 5.32 Å². The van der Waals surface area contributed by atoms with Gasteiger partial charge in [-0.25, -0.2) is 9.18 Å². The first-order chi connectivity index (χ1) is 7.70. The van der Waals surface area contributed by atoms with Crippen LogP contribution in [0.4, 0.5) is 14.9 Å². The van der Waals surface area contributed by atoms with E-state index in [1.807, 2.05) is 0 Å². The van der Waals surface area contributed by atoms with Gasteiger partial charge in [-0.1, -0.05) is 11.6 Å². The molecule has 0 aromatic heterocycles. The Kier molecular flexibility index (Phi) is 3.98. The first-order valence-electron chi connectivity index (χ1n) is 5.15. The average Bonchev–Trinajstić information content (AvgIpc) is 2.16. The molecule has 1 aromatic rings. The summed E-state index contributed by atoms with van der Waals surface area (Å²) < 4.78 is 18.2. The van der Waals surface area contributed by atoms with Crippen LogP contribution in [0, 0.1) is 12.7 Å². The summed E-state index contributed by atoms with van der Waals surface area (Å²) in [6.07, 6.45) is -0.620. The van der Waals surface area contributed by atoms with Crippen LogP contribution in [-0.4, -0.2) is 11.7 Å². The van der Waals surface area contributed by atoms with Gasteiger partial charge < -0.3 is 4.74 Å². The van der Waals surface area contributed by atoms with Crippen molar-refractivity contribution in [3.63, 3.8) is 0 Å². The highest BCUT2D eigenvalue weighted by atomic mass is 35.5. The molecule has 0 aliphatic carbocycles. The number of halogens is 2. The van der Waals surface area contributed by atoms with E-state index < -0.39 is 17.5 Å². The molecule has 0 radical (unpaired) electrons. The molecule has 0 spiro atoms. The summed E-state index contributed by atoms with van der Waals surface area (Å²) in [5.41, 5.74) is 0.0334. The van der Waals surface area contributed by atoms with Crippen LogP contribution in [0.3, 0.4) is 0 Å². The van der Waals surface area contributed by atoms with Crippen molar-refractivity contribution in [1.29, 1.82) is 0 Å². The van der Waals surface area contributed by atoms with Gasteiger partial charge in [0.1, 0.15) is 11.4 Å². The molecule has 1 N–H and O–H groups in total. The molecule has 0 unspecified atom stereocenters. The Morgan fingerprint density at radius 2 is 2.00 bits per heavy atom. The number of hydrogen-bond acceptors (Lipinski definition) is 2.